The van der Waals surface area contributed by atoms with E-state index in [4.69, 9.17) is 0 Å². The lowest BCUT2D eigenvalue weighted by atomic mass is 9.93. The molecule has 7 nitrogen and oxygen atoms in total. The average Bonchev–Trinajstić information content (AvgIpc) is 2.61. The molecule has 25 heavy (non-hydrogen) atoms. The lowest BCUT2D eigenvalue weighted by molar-refractivity contribution is 0.0924. The summed E-state index contributed by atoms with van der Waals surface area (Å²) in [5, 5.41) is 25.7. The Labute approximate surface area is 146 Å². The second-order valence-electron chi connectivity index (χ2n) is 6.68. The fraction of sp³-hybridized carbons (Fsp3) is 0.500. The van der Waals surface area contributed by atoms with Crippen molar-refractivity contribution < 1.29 is 15.0 Å². The molecule has 1 heterocycles. The number of amides is 1. The molecule has 0 radical (unpaired) electrons. The molecule has 1 atom stereocenters. The summed E-state index contributed by atoms with van der Waals surface area (Å²) in [4.78, 5) is 21.0. The number of nitrogens with one attached hydrogen (secondary N) is 2. The smallest absolute Gasteiger partial charge is 0.251 e. The Kier molecular flexibility index (Phi) is 5.45. The van der Waals surface area contributed by atoms with Crippen LogP contribution >= 0.6 is 0 Å². The second kappa shape index (κ2) is 7.76. The summed E-state index contributed by atoms with van der Waals surface area (Å²) in [7, 11) is 0. The minimum atomic E-state index is -0.587. The molecule has 1 amide bonds. The van der Waals surface area contributed by atoms with Gasteiger partial charge in [0.25, 0.3) is 5.91 Å². The van der Waals surface area contributed by atoms with Crippen LogP contribution in [0.15, 0.2) is 24.4 Å². The van der Waals surface area contributed by atoms with E-state index < -0.39 is 6.10 Å². The van der Waals surface area contributed by atoms with Crippen molar-refractivity contribution in [1.82, 2.24) is 15.3 Å². The van der Waals surface area contributed by atoms with Crippen LogP contribution < -0.4 is 10.6 Å². The summed E-state index contributed by atoms with van der Waals surface area (Å²) in [6.45, 7) is 1.83. The lowest BCUT2D eigenvalue weighted by Gasteiger charge is -2.26. The average molecular weight is 344 g/mol. The number of aliphatic hydroxyl groups is 2. The topological polar surface area (TPSA) is 107 Å². The number of aliphatic hydroxyl groups excluding tert-OH is 2. The molecule has 1 saturated carbocycles. The second-order valence-corrected chi connectivity index (χ2v) is 6.68. The molecule has 7 heteroatoms. The van der Waals surface area contributed by atoms with Gasteiger partial charge >= 0.3 is 0 Å². The van der Waals surface area contributed by atoms with Gasteiger partial charge in [0.15, 0.2) is 0 Å². The minimum absolute atomic E-state index is 0.196. The summed E-state index contributed by atoms with van der Waals surface area (Å²) < 4.78 is 0. The molecule has 134 valence electrons. The number of fused-ring (bicyclic) bond motifs is 1. The quantitative estimate of drug-likeness (QED) is 0.654. The van der Waals surface area contributed by atoms with Crippen LogP contribution in [0.25, 0.3) is 10.9 Å². The highest BCUT2D eigenvalue weighted by atomic mass is 16.3. The first kappa shape index (κ1) is 17.6. The molecule has 1 aromatic heterocycles. The van der Waals surface area contributed by atoms with E-state index in [1.54, 1.807) is 25.3 Å². The van der Waals surface area contributed by atoms with Crippen molar-refractivity contribution >= 4 is 22.8 Å². The first-order valence-electron chi connectivity index (χ1n) is 8.69. The number of anilines is 1. The van der Waals surface area contributed by atoms with E-state index in [9.17, 15) is 15.0 Å². The molecule has 4 N–H and O–H groups in total. The van der Waals surface area contributed by atoms with Gasteiger partial charge in [-0.25, -0.2) is 9.97 Å². The van der Waals surface area contributed by atoms with Crippen molar-refractivity contribution in [2.24, 2.45) is 0 Å². The largest absolute Gasteiger partial charge is 0.393 e. The van der Waals surface area contributed by atoms with E-state index in [-0.39, 0.29) is 24.6 Å². The predicted octanol–water partition coefficient (Wildman–Crippen LogP) is 1.46. The van der Waals surface area contributed by atoms with Crippen LogP contribution in [0.3, 0.4) is 0 Å². The summed E-state index contributed by atoms with van der Waals surface area (Å²) >= 11 is 0. The first-order valence-corrected chi connectivity index (χ1v) is 8.69. The van der Waals surface area contributed by atoms with Crippen molar-refractivity contribution in [2.45, 2.75) is 50.9 Å². The van der Waals surface area contributed by atoms with Crippen molar-refractivity contribution in [3.05, 3.63) is 30.0 Å². The molecule has 3 rings (SSSR count). The van der Waals surface area contributed by atoms with E-state index >= 15 is 0 Å². The van der Waals surface area contributed by atoms with Crippen LogP contribution in [0, 0.1) is 0 Å². The number of hydrogen-bond acceptors (Lipinski definition) is 6. The Hall–Kier alpha value is -2.25. The molecule has 1 fully saturated rings. The lowest BCUT2D eigenvalue weighted by Crippen LogP contribution is -2.30. The third-order valence-corrected chi connectivity index (χ3v) is 4.43. The molecule has 1 aliphatic rings. The SMILES string of the molecule is CC(O)CNC(=O)c1ccc2cnc(N[C@H]3CC[C@H](O)CC3)nc2c1. The van der Waals surface area contributed by atoms with Gasteiger partial charge in [0.1, 0.15) is 0 Å². The molecule has 1 aromatic carbocycles. The van der Waals surface area contributed by atoms with Gasteiger partial charge in [0.05, 0.1) is 17.7 Å². The number of rotatable bonds is 5. The molecular formula is C18H24N4O3. The van der Waals surface area contributed by atoms with Crippen LogP contribution in [0.5, 0.6) is 0 Å². The standard InChI is InChI=1S/C18H24N4O3/c1-11(23)9-19-17(25)12-2-3-13-10-20-18(22-16(13)8-12)21-14-4-6-15(24)7-5-14/h2-3,8,10-11,14-15,23-24H,4-7,9H2,1H3,(H,19,25)(H,20,21,22)/t11?,14-,15-. The number of hydrogen-bond donors (Lipinski definition) is 4. The molecule has 0 aliphatic heterocycles. The molecule has 0 saturated heterocycles. The summed E-state index contributed by atoms with van der Waals surface area (Å²) in [5.74, 6) is 0.299. The molecular weight excluding hydrogens is 320 g/mol. The molecule has 1 unspecified atom stereocenters. The van der Waals surface area contributed by atoms with E-state index in [2.05, 4.69) is 20.6 Å². The molecule has 2 aromatic rings. The normalized spacial score (nSPS) is 21.7. The van der Waals surface area contributed by atoms with Gasteiger partial charge < -0.3 is 20.8 Å². The van der Waals surface area contributed by atoms with Crippen molar-refractivity contribution in [1.29, 1.82) is 0 Å². The highest BCUT2D eigenvalue weighted by molar-refractivity contribution is 5.97. The van der Waals surface area contributed by atoms with Gasteiger partial charge in [0.2, 0.25) is 5.95 Å². The van der Waals surface area contributed by atoms with Gasteiger partial charge in [-0.3, -0.25) is 4.79 Å². The zero-order valence-electron chi connectivity index (χ0n) is 14.3. The minimum Gasteiger partial charge on any atom is -0.393 e. The van der Waals surface area contributed by atoms with Crippen LogP contribution in [0.1, 0.15) is 43.0 Å². The third-order valence-electron chi connectivity index (χ3n) is 4.43. The maximum absolute atomic E-state index is 12.1. The molecule has 0 spiro atoms. The van der Waals surface area contributed by atoms with Crippen LogP contribution in [0.4, 0.5) is 5.95 Å². The highest BCUT2D eigenvalue weighted by Crippen LogP contribution is 2.22. The number of aromatic nitrogens is 2. The molecule has 1 aliphatic carbocycles. The zero-order chi connectivity index (χ0) is 17.8. The van der Waals surface area contributed by atoms with Crippen molar-refractivity contribution in [3.63, 3.8) is 0 Å². The Morgan fingerprint density at radius 3 is 2.80 bits per heavy atom. The van der Waals surface area contributed by atoms with E-state index in [0.29, 0.717) is 17.0 Å². The number of carbonyl (C=O) groups is 1. The van der Waals surface area contributed by atoms with E-state index in [1.165, 1.54) is 0 Å². The van der Waals surface area contributed by atoms with Crippen molar-refractivity contribution in [2.75, 3.05) is 11.9 Å². The fourth-order valence-electron chi connectivity index (χ4n) is 2.98. The third kappa shape index (κ3) is 4.64. The number of carbonyl (C=O) groups excluding carboxylic acids is 1. The Balaban J connectivity index is 1.73. The predicted molar refractivity (Wildman–Crippen MR) is 95.4 cm³/mol. The molecule has 0 bridgehead atoms. The number of nitrogens with zero attached hydrogens (tertiary/aromatic N) is 2. The fourth-order valence-corrected chi connectivity index (χ4v) is 2.98. The summed E-state index contributed by atoms with van der Waals surface area (Å²) in [5.41, 5.74) is 1.19. The first-order chi connectivity index (χ1) is 12.0. The maximum Gasteiger partial charge on any atom is 0.251 e. The van der Waals surface area contributed by atoms with Crippen LogP contribution in [-0.4, -0.2) is 50.9 Å². The monoisotopic (exact) mass is 344 g/mol. The zero-order valence-corrected chi connectivity index (χ0v) is 14.3. The number of benzene rings is 1. The highest BCUT2D eigenvalue weighted by Gasteiger charge is 2.20. The van der Waals surface area contributed by atoms with Gasteiger partial charge in [-0.05, 0) is 44.7 Å². The van der Waals surface area contributed by atoms with E-state index in [0.717, 1.165) is 31.1 Å². The van der Waals surface area contributed by atoms with Crippen molar-refractivity contribution in [3.8, 4) is 0 Å². The van der Waals surface area contributed by atoms with Gasteiger partial charge in [-0.2, -0.15) is 0 Å². The van der Waals surface area contributed by atoms with Crippen LogP contribution in [-0.2, 0) is 0 Å². The summed E-state index contributed by atoms with van der Waals surface area (Å²) in [6.07, 6.45) is 4.32. The Morgan fingerprint density at radius 1 is 1.32 bits per heavy atom. The Morgan fingerprint density at radius 2 is 2.08 bits per heavy atom. The van der Waals surface area contributed by atoms with Crippen LogP contribution in [0.2, 0.25) is 0 Å². The summed E-state index contributed by atoms with van der Waals surface area (Å²) in [6, 6.07) is 5.52. The van der Waals surface area contributed by atoms with Gasteiger partial charge in [-0.1, -0.05) is 6.07 Å². The Bertz CT molecular complexity index is 742. The van der Waals surface area contributed by atoms with Gasteiger partial charge in [-0.15, -0.1) is 0 Å². The maximum atomic E-state index is 12.1. The van der Waals surface area contributed by atoms with E-state index in [1.807, 2.05) is 6.07 Å². The van der Waals surface area contributed by atoms with Gasteiger partial charge in [0, 0.05) is 29.7 Å².